The average molecular weight is 572 g/mol. The van der Waals surface area contributed by atoms with Crippen LogP contribution in [-0.2, 0) is 21.2 Å². The molecular formula is C28H33N3O6S2. The van der Waals surface area contributed by atoms with Crippen molar-refractivity contribution in [2.24, 2.45) is 5.92 Å². The summed E-state index contributed by atoms with van der Waals surface area (Å²) in [5.41, 5.74) is 1.53. The van der Waals surface area contributed by atoms with Crippen LogP contribution in [0.25, 0.3) is 0 Å². The molecule has 1 aliphatic rings. The fourth-order valence-corrected chi connectivity index (χ4v) is 6.80. The number of likely N-dealkylation sites (N-methyl/N-ethyl adjacent to an activating group) is 1. The highest BCUT2D eigenvalue weighted by molar-refractivity contribution is 7.91. The standard InChI is InChI=1S/C28H33N3O6S2/c1-19-16-31(20(2)18-32)28(34)23-15-22(29-26(33)14-21-8-5-4-6-9-21)11-12-24(23)37-25(19)17-30(3)39(35,36)27-10-7-13-38-27/h4-13,15,19-20,25,32H,14,16-18H2,1-3H3,(H,29,33)/t19-,20+,25-/m0/s1. The molecule has 2 N–H and O–H groups in total. The molecule has 0 fully saturated rings. The predicted octanol–water partition coefficient (Wildman–Crippen LogP) is 3.47. The predicted molar refractivity (Wildman–Crippen MR) is 151 cm³/mol. The quantitative estimate of drug-likeness (QED) is 0.406. The van der Waals surface area contributed by atoms with Crippen molar-refractivity contribution < 1.29 is 27.9 Å². The summed E-state index contributed by atoms with van der Waals surface area (Å²) in [6.07, 6.45) is -0.399. The normalized spacial score (nSPS) is 18.6. The van der Waals surface area contributed by atoms with Crippen LogP contribution in [0, 0.1) is 5.92 Å². The van der Waals surface area contributed by atoms with Gasteiger partial charge in [-0.2, -0.15) is 4.31 Å². The lowest BCUT2D eigenvalue weighted by atomic mass is 9.99. The third kappa shape index (κ3) is 6.67. The van der Waals surface area contributed by atoms with Crippen LogP contribution in [0.3, 0.4) is 0 Å². The van der Waals surface area contributed by atoms with E-state index in [1.807, 2.05) is 37.3 Å². The minimum atomic E-state index is -3.70. The van der Waals surface area contributed by atoms with Crippen molar-refractivity contribution in [3.63, 3.8) is 0 Å². The summed E-state index contributed by atoms with van der Waals surface area (Å²) >= 11 is 1.15. The van der Waals surface area contributed by atoms with Gasteiger partial charge < -0.3 is 20.1 Å². The number of rotatable bonds is 9. The van der Waals surface area contributed by atoms with E-state index in [0.717, 1.165) is 16.9 Å². The van der Waals surface area contributed by atoms with E-state index in [4.69, 9.17) is 4.74 Å². The lowest BCUT2D eigenvalue weighted by Crippen LogP contribution is -2.50. The number of fused-ring (bicyclic) bond motifs is 1. The van der Waals surface area contributed by atoms with Crippen LogP contribution in [0.5, 0.6) is 5.75 Å². The van der Waals surface area contributed by atoms with E-state index >= 15 is 0 Å². The molecule has 3 aromatic rings. The maximum absolute atomic E-state index is 13.6. The van der Waals surface area contributed by atoms with Gasteiger partial charge in [0.05, 0.1) is 31.2 Å². The topological polar surface area (TPSA) is 116 Å². The molecule has 0 spiro atoms. The van der Waals surface area contributed by atoms with E-state index in [9.17, 15) is 23.1 Å². The molecule has 0 saturated heterocycles. The Morgan fingerprint density at radius 3 is 2.62 bits per heavy atom. The van der Waals surface area contributed by atoms with Crippen LogP contribution in [0.2, 0.25) is 0 Å². The highest BCUT2D eigenvalue weighted by atomic mass is 32.2. The number of thiophene rings is 1. The maximum atomic E-state index is 13.6. The highest BCUT2D eigenvalue weighted by Gasteiger charge is 2.35. The van der Waals surface area contributed by atoms with Gasteiger partial charge in [0.15, 0.2) is 0 Å². The summed E-state index contributed by atoms with van der Waals surface area (Å²) in [5, 5.41) is 14.4. The van der Waals surface area contributed by atoms with Crippen molar-refractivity contribution in [3.05, 3.63) is 77.2 Å². The smallest absolute Gasteiger partial charge is 0.258 e. The van der Waals surface area contributed by atoms with Gasteiger partial charge in [0, 0.05) is 25.2 Å². The number of ether oxygens (including phenoxy) is 1. The Bertz CT molecular complexity index is 1400. The number of amides is 2. The third-order valence-corrected chi connectivity index (χ3v) is 9.95. The second kappa shape index (κ2) is 12.3. The van der Waals surface area contributed by atoms with E-state index in [1.165, 1.54) is 11.4 Å². The molecule has 39 heavy (non-hydrogen) atoms. The monoisotopic (exact) mass is 571 g/mol. The number of benzene rings is 2. The molecule has 0 unspecified atom stereocenters. The van der Waals surface area contributed by atoms with Crippen molar-refractivity contribution in [2.75, 3.05) is 32.1 Å². The van der Waals surface area contributed by atoms with Crippen molar-refractivity contribution in [2.45, 2.75) is 36.6 Å². The number of anilines is 1. The Labute approximate surface area is 233 Å². The molecule has 1 aromatic heterocycles. The Morgan fingerprint density at radius 2 is 1.95 bits per heavy atom. The molecule has 2 heterocycles. The zero-order valence-electron chi connectivity index (χ0n) is 22.1. The average Bonchev–Trinajstić information content (AvgIpc) is 3.47. The van der Waals surface area contributed by atoms with Crippen molar-refractivity contribution in [1.82, 2.24) is 9.21 Å². The molecule has 0 saturated carbocycles. The number of hydrogen-bond acceptors (Lipinski definition) is 7. The molecule has 0 bridgehead atoms. The molecule has 2 aromatic carbocycles. The molecule has 9 nitrogen and oxygen atoms in total. The number of sulfonamides is 1. The first-order chi connectivity index (χ1) is 18.6. The second-order valence-corrected chi connectivity index (χ2v) is 13.0. The number of carbonyl (C=O) groups is 2. The summed E-state index contributed by atoms with van der Waals surface area (Å²) in [6, 6.07) is 16.9. The van der Waals surface area contributed by atoms with E-state index in [1.54, 1.807) is 47.5 Å². The molecule has 4 rings (SSSR count). The van der Waals surface area contributed by atoms with Crippen LogP contribution in [0.1, 0.15) is 29.8 Å². The van der Waals surface area contributed by atoms with Gasteiger partial charge in [-0.05, 0) is 42.1 Å². The molecule has 0 aliphatic carbocycles. The SMILES string of the molecule is C[C@H](CO)N1C[C@H](C)[C@H](CN(C)S(=O)(=O)c2cccs2)Oc2ccc(NC(=O)Cc3ccccc3)cc2C1=O. The first kappa shape index (κ1) is 28.8. The van der Waals surface area contributed by atoms with Gasteiger partial charge in [-0.15, -0.1) is 11.3 Å². The van der Waals surface area contributed by atoms with Gasteiger partial charge in [0.25, 0.3) is 15.9 Å². The van der Waals surface area contributed by atoms with Crippen LogP contribution >= 0.6 is 11.3 Å². The first-order valence-corrected chi connectivity index (χ1v) is 15.0. The molecule has 3 atom stereocenters. The summed E-state index contributed by atoms with van der Waals surface area (Å²) in [5.74, 6) is -0.527. The van der Waals surface area contributed by atoms with Gasteiger partial charge in [0.1, 0.15) is 16.1 Å². The maximum Gasteiger partial charge on any atom is 0.258 e. The van der Waals surface area contributed by atoms with Crippen molar-refractivity contribution in [1.29, 1.82) is 0 Å². The largest absolute Gasteiger partial charge is 0.488 e. The molecule has 0 radical (unpaired) electrons. The van der Waals surface area contributed by atoms with Crippen LogP contribution in [0.15, 0.2) is 70.3 Å². The van der Waals surface area contributed by atoms with Gasteiger partial charge in [-0.3, -0.25) is 9.59 Å². The zero-order chi connectivity index (χ0) is 28.2. The summed E-state index contributed by atoms with van der Waals surface area (Å²) in [6.45, 7) is 3.72. The third-order valence-electron chi connectivity index (χ3n) is 6.75. The van der Waals surface area contributed by atoms with Crippen LogP contribution < -0.4 is 10.1 Å². The zero-order valence-corrected chi connectivity index (χ0v) is 23.7. The molecular weight excluding hydrogens is 538 g/mol. The summed E-state index contributed by atoms with van der Waals surface area (Å²) in [7, 11) is -2.20. The van der Waals surface area contributed by atoms with Gasteiger partial charge in [-0.1, -0.05) is 43.3 Å². The van der Waals surface area contributed by atoms with Gasteiger partial charge >= 0.3 is 0 Å². The van der Waals surface area contributed by atoms with Gasteiger partial charge in [-0.25, -0.2) is 8.42 Å². The Hall–Kier alpha value is -3.25. The molecule has 11 heteroatoms. The van der Waals surface area contributed by atoms with Crippen LogP contribution in [0.4, 0.5) is 5.69 Å². The minimum absolute atomic E-state index is 0.0614. The van der Waals surface area contributed by atoms with Crippen molar-refractivity contribution in [3.8, 4) is 5.75 Å². The fourth-order valence-electron chi connectivity index (χ4n) is 4.42. The first-order valence-electron chi connectivity index (χ1n) is 12.7. The van der Waals surface area contributed by atoms with Crippen LogP contribution in [-0.4, -0.2) is 73.4 Å². The Balaban J connectivity index is 1.61. The molecule has 208 valence electrons. The number of aliphatic hydroxyl groups is 1. The number of carbonyl (C=O) groups excluding carboxylic acids is 2. The van der Waals surface area contributed by atoms with E-state index in [2.05, 4.69) is 5.32 Å². The minimum Gasteiger partial charge on any atom is -0.488 e. The number of hydrogen-bond donors (Lipinski definition) is 2. The second-order valence-electron chi connectivity index (χ2n) is 9.76. The Kier molecular flexibility index (Phi) is 9.06. The number of nitrogens with one attached hydrogen (secondary N) is 1. The lowest BCUT2D eigenvalue weighted by molar-refractivity contribution is -0.115. The number of nitrogens with zero attached hydrogens (tertiary/aromatic N) is 2. The van der Waals surface area contributed by atoms with E-state index in [-0.39, 0.29) is 59.4 Å². The highest BCUT2D eigenvalue weighted by Crippen LogP contribution is 2.31. The Morgan fingerprint density at radius 1 is 1.21 bits per heavy atom. The molecule has 1 aliphatic heterocycles. The fraction of sp³-hybridized carbons (Fsp3) is 0.357. The van der Waals surface area contributed by atoms with E-state index < -0.39 is 22.2 Å². The van der Waals surface area contributed by atoms with E-state index in [0.29, 0.717) is 5.69 Å². The number of aliphatic hydroxyl groups excluding tert-OH is 1. The van der Waals surface area contributed by atoms with Gasteiger partial charge in [0.2, 0.25) is 5.91 Å². The van der Waals surface area contributed by atoms with Crippen molar-refractivity contribution >= 4 is 38.9 Å². The summed E-state index contributed by atoms with van der Waals surface area (Å²) < 4.78 is 33.9. The lowest BCUT2D eigenvalue weighted by Gasteiger charge is -2.38. The summed E-state index contributed by atoms with van der Waals surface area (Å²) in [4.78, 5) is 27.8. The molecule has 2 amide bonds.